The molecule has 1 saturated heterocycles. The minimum Gasteiger partial charge on any atom is -0.497 e. The highest BCUT2D eigenvalue weighted by Gasteiger charge is 2.19. The summed E-state index contributed by atoms with van der Waals surface area (Å²) in [5.41, 5.74) is 2.36. The van der Waals surface area contributed by atoms with Gasteiger partial charge in [-0.3, -0.25) is 14.5 Å². The van der Waals surface area contributed by atoms with Crippen LogP contribution in [-0.4, -0.2) is 66.9 Å². The predicted octanol–water partition coefficient (Wildman–Crippen LogP) is 3.52. The first-order valence-electron chi connectivity index (χ1n) is 10.1. The van der Waals surface area contributed by atoms with E-state index in [0.29, 0.717) is 11.3 Å². The van der Waals surface area contributed by atoms with E-state index in [1.807, 2.05) is 65.0 Å². The number of likely N-dealkylation sites (N-methyl/N-ethyl adjacent to an activating group) is 1. The van der Waals surface area contributed by atoms with Gasteiger partial charge in [-0.25, -0.2) is 0 Å². The minimum atomic E-state index is -0.114. The summed E-state index contributed by atoms with van der Waals surface area (Å²) < 4.78 is 5.20. The van der Waals surface area contributed by atoms with Crippen LogP contribution in [0.3, 0.4) is 0 Å². The maximum absolute atomic E-state index is 12.7. The van der Waals surface area contributed by atoms with E-state index in [2.05, 4.69) is 12.2 Å². The molecule has 0 aliphatic carbocycles. The van der Waals surface area contributed by atoms with Crippen molar-refractivity contribution in [1.82, 2.24) is 9.80 Å². The Morgan fingerprint density at radius 2 is 1.87 bits per heavy atom. The number of hydrogen-bond donors (Lipinski definition) is 1. The van der Waals surface area contributed by atoms with Crippen LogP contribution in [0.4, 0.5) is 5.69 Å². The zero-order chi connectivity index (χ0) is 21.5. The first-order chi connectivity index (χ1) is 14.5. The Balaban J connectivity index is 1.57. The Labute approximate surface area is 182 Å². The fourth-order valence-electron chi connectivity index (χ4n) is 3.38. The van der Waals surface area contributed by atoms with E-state index in [-0.39, 0.29) is 24.4 Å². The van der Waals surface area contributed by atoms with Crippen LogP contribution in [0.15, 0.2) is 48.5 Å². The normalized spacial score (nSPS) is 15.0. The average Bonchev–Trinajstić information content (AvgIpc) is 2.78. The maximum Gasteiger partial charge on any atom is 0.253 e. The lowest BCUT2D eigenvalue weighted by Gasteiger charge is -2.26. The van der Waals surface area contributed by atoms with Gasteiger partial charge in [0.25, 0.3) is 5.91 Å². The molecule has 0 bridgehead atoms. The fourth-order valence-corrected chi connectivity index (χ4v) is 4.28. The largest absolute Gasteiger partial charge is 0.497 e. The molecule has 1 atom stereocenters. The molecule has 6 nitrogen and oxygen atoms in total. The SMILES string of the molecule is COc1ccc(C(C)N(C)CC(=O)Nc2cccc(C(=O)N3CCSCC3)c2)cc1. The van der Waals surface area contributed by atoms with Crippen LogP contribution in [0.1, 0.15) is 28.9 Å². The molecule has 3 rings (SSSR count). The molecule has 7 heteroatoms. The summed E-state index contributed by atoms with van der Waals surface area (Å²) in [7, 11) is 3.56. The standard InChI is InChI=1S/C23H29N3O3S/c1-17(18-7-9-21(29-3)10-8-18)25(2)16-22(27)24-20-6-4-5-19(15-20)23(28)26-11-13-30-14-12-26/h4-10,15,17H,11-14,16H2,1-3H3,(H,24,27). The van der Waals surface area contributed by atoms with Crippen molar-refractivity contribution in [3.8, 4) is 5.75 Å². The molecule has 2 aromatic rings. The van der Waals surface area contributed by atoms with Gasteiger partial charge in [0.15, 0.2) is 0 Å². The molecule has 0 aromatic heterocycles. The molecule has 0 radical (unpaired) electrons. The van der Waals surface area contributed by atoms with E-state index >= 15 is 0 Å². The number of anilines is 1. The van der Waals surface area contributed by atoms with Crippen LogP contribution in [-0.2, 0) is 4.79 Å². The monoisotopic (exact) mass is 427 g/mol. The van der Waals surface area contributed by atoms with Crippen LogP contribution in [0.25, 0.3) is 0 Å². The number of carbonyl (C=O) groups is 2. The summed E-state index contributed by atoms with van der Waals surface area (Å²) in [4.78, 5) is 29.1. The van der Waals surface area contributed by atoms with Crippen molar-refractivity contribution in [2.75, 3.05) is 50.6 Å². The number of ether oxygens (including phenoxy) is 1. The number of thioether (sulfide) groups is 1. The molecule has 0 spiro atoms. The zero-order valence-corrected chi connectivity index (χ0v) is 18.6. The summed E-state index contributed by atoms with van der Waals surface area (Å²) in [6.07, 6.45) is 0. The second kappa shape index (κ2) is 10.5. The molecule has 1 unspecified atom stereocenters. The lowest BCUT2D eigenvalue weighted by molar-refractivity contribution is -0.117. The predicted molar refractivity (Wildman–Crippen MR) is 122 cm³/mol. The summed E-state index contributed by atoms with van der Waals surface area (Å²) >= 11 is 1.87. The van der Waals surface area contributed by atoms with E-state index in [9.17, 15) is 9.59 Å². The Morgan fingerprint density at radius 3 is 2.53 bits per heavy atom. The van der Waals surface area contributed by atoms with E-state index in [4.69, 9.17) is 4.74 Å². The number of nitrogens with one attached hydrogen (secondary N) is 1. The van der Waals surface area contributed by atoms with Gasteiger partial charge in [0.2, 0.25) is 5.91 Å². The van der Waals surface area contributed by atoms with Crippen LogP contribution in [0.5, 0.6) is 5.75 Å². The number of hydrogen-bond acceptors (Lipinski definition) is 5. The van der Waals surface area contributed by atoms with Crippen LogP contribution >= 0.6 is 11.8 Å². The highest BCUT2D eigenvalue weighted by molar-refractivity contribution is 7.99. The van der Waals surface area contributed by atoms with Gasteiger partial charge in [-0.1, -0.05) is 18.2 Å². The molecule has 1 heterocycles. The summed E-state index contributed by atoms with van der Waals surface area (Å²) in [5.74, 6) is 2.67. The van der Waals surface area contributed by atoms with Gasteiger partial charge < -0.3 is 15.0 Å². The van der Waals surface area contributed by atoms with Crippen LogP contribution in [0, 0.1) is 0 Å². The van der Waals surface area contributed by atoms with Crippen molar-refractivity contribution in [1.29, 1.82) is 0 Å². The van der Waals surface area contributed by atoms with E-state index in [0.717, 1.165) is 35.9 Å². The average molecular weight is 428 g/mol. The number of rotatable bonds is 7. The van der Waals surface area contributed by atoms with Gasteiger partial charge in [0.05, 0.1) is 13.7 Å². The van der Waals surface area contributed by atoms with E-state index in [1.54, 1.807) is 19.2 Å². The molecule has 1 N–H and O–H groups in total. The molecule has 1 fully saturated rings. The Hall–Kier alpha value is -2.51. The van der Waals surface area contributed by atoms with Crippen LogP contribution in [0.2, 0.25) is 0 Å². The first kappa shape index (κ1) is 22.2. The van der Waals surface area contributed by atoms with Gasteiger partial charge in [0, 0.05) is 41.9 Å². The molecule has 2 amide bonds. The molecule has 2 aromatic carbocycles. The van der Waals surface area contributed by atoms with Gasteiger partial charge >= 0.3 is 0 Å². The van der Waals surface area contributed by atoms with Crippen molar-refractivity contribution in [3.05, 3.63) is 59.7 Å². The molecular weight excluding hydrogens is 398 g/mol. The van der Waals surface area contributed by atoms with Gasteiger partial charge in [-0.15, -0.1) is 0 Å². The Morgan fingerprint density at radius 1 is 1.17 bits per heavy atom. The third-order valence-electron chi connectivity index (χ3n) is 5.34. The highest BCUT2D eigenvalue weighted by atomic mass is 32.2. The van der Waals surface area contributed by atoms with Crippen molar-refractivity contribution < 1.29 is 14.3 Å². The molecular formula is C23H29N3O3S. The smallest absolute Gasteiger partial charge is 0.253 e. The summed E-state index contributed by atoms with van der Waals surface area (Å²) in [6, 6.07) is 15.1. The lowest BCUT2D eigenvalue weighted by atomic mass is 10.1. The maximum atomic E-state index is 12.7. The van der Waals surface area contributed by atoms with E-state index < -0.39 is 0 Å². The van der Waals surface area contributed by atoms with Crippen molar-refractivity contribution in [2.45, 2.75) is 13.0 Å². The fraction of sp³-hybridized carbons (Fsp3) is 0.391. The Kier molecular flexibility index (Phi) is 7.76. The molecule has 30 heavy (non-hydrogen) atoms. The van der Waals surface area contributed by atoms with Crippen LogP contribution < -0.4 is 10.1 Å². The molecule has 1 aliphatic heterocycles. The first-order valence-corrected chi connectivity index (χ1v) is 11.2. The summed E-state index contributed by atoms with van der Waals surface area (Å²) in [5, 5.41) is 2.92. The quantitative estimate of drug-likeness (QED) is 0.733. The number of methoxy groups -OCH3 is 1. The second-order valence-electron chi connectivity index (χ2n) is 7.40. The third kappa shape index (κ3) is 5.77. The zero-order valence-electron chi connectivity index (χ0n) is 17.8. The van der Waals surface area contributed by atoms with Crippen molar-refractivity contribution >= 4 is 29.3 Å². The second-order valence-corrected chi connectivity index (χ2v) is 8.62. The van der Waals surface area contributed by atoms with Gasteiger partial charge in [0.1, 0.15) is 5.75 Å². The lowest BCUT2D eigenvalue weighted by Crippen LogP contribution is -2.37. The minimum absolute atomic E-state index is 0.0247. The van der Waals surface area contributed by atoms with Crippen molar-refractivity contribution in [2.24, 2.45) is 0 Å². The van der Waals surface area contributed by atoms with Crippen molar-refractivity contribution in [3.63, 3.8) is 0 Å². The number of benzene rings is 2. The summed E-state index contributed by atoms with van der Waals surface area (Å²) in [6.45, 7) is 3.85. The molecule has 0 saturated carbocycles. The molecule has 1 aliphatic rings. The van der Waals surface area contributed by atoms with Gasteiger partial charge in [-0.05, 0) is 49.9 Å². The number of carbonyl (C=O) groups excluding carboxylic acids is 2. The number of nitrogens with zero attached hydrogens (tertiary/aromatic N) is 2. The Bertz CT molecular complexity index is 866. The third-order valence-corrected chi connectivity index (χ3v) is 6.29. The topological polar surface area (TPSA) is 61.9 Å². The molecule has 160 valence electrons. The highest BCUT2D eigenvalue weighted by Crippen LogP contribution is 2.22. The van der Waals surface area contributed by atoms with Gasteiger partial charge in [-0.2, -0.15) is 11.8 Å². The number of amides is 2. The van der Waals surface area contributed by atoms with E-state index in [1.165, 1.54) is 0 Å².